The summed E-state index contributed by atoms with van der Waals surface area (Å²) in [5.41, 5.74) is 5.33. The lowest BCUT2D eigenvalue weighted by molar-refractivity contribution is 0.514. The molecule has 22 heavy (non-hydrogen) atoms. The molecule has 3 heteroatoms. The van der Waals surface area contributed by atoms with Gasteiger partial charge in [0.1, 0.15) is 5.75 Å². The van der Waals surface area contributed by atoms with Gasteiger partial charge in [0.25, 0.3) is 8.03 Å². The molecule has 0 saturated carbocycles. The molecule has 0 radical (unpaired) electrons. The van der Waals surface area contributed by atoms with E-state index >= 15 is 0 Å². The van der Waals surface area contributed by atoms with E-state index in [1.165, 1.54) is 5.56 Å². The van der Waals surface area contributed by atoms with Crippen LogP contribution in [0.4, 0.5) is 0 Å². The zero-order chi connectivity index (χ0) is 15.1. The second-order valence-corrected chi connectivity index (χ2v) is 6.75. The van der Waals surface area contributed by atoms with Crippen molar-refractivity contribution in [2.75, 3.05) is 0 Å². The minimum Gasteiger partial charge on any atom is -0.440 e. The van der Waals surface area contributed by atoms with E-state index in [9.17, 15) is 4.57 Å². The zero-order valence-corrected chi connectivity index (χ0v) is 13.2. The molecule has 3 aromatic rings. The predicted molar refractivity (Wildman–Crippen MR) is 91.3 cm³/mol. The van der Waals surface area contributed by atoms with Crippen LogP contribution in [-0.2, 0) is 4.57 Å². The summed E-state index contributed by atoms with van der Waals surface area (Å²) in [4.78, 5) is 0. The number of hydrogen-bond donors (Lipinski definition) is 0. The monoisotopic (exact) mass is 306 g/mol. The summed E-state index contributed by atoms with van der Waals surface area (Å²) in [5, 5.41) is 0.807. The number of aryl methyl sites for hydroxylation is 1. The van der Waals surface area contributed by atoms with Crippen LogP contribution in [-0.4, -0.2) is 0 Å². The molecule has 0 aliphatic carbocycles. The SMILES string of the molecule is Cc1ccccc1-c1cccc2c1O[PH](=O)c1ccccc1-2. The highest BCUT2D eigenvalue weighted by atomic mass is 31.1. The quantitative estimate of drug-likeness (QED) is 0.602. The molecule has 0 aromatic heterocycles. The van der Waals surface area contributed by atoms with Gasteiger partial charge in [-0.15, -0.1) is 0 Å². The fraction of sp³-hybridized carbons (Fsp3) is 0.0526. The Labute approximate surface area is 130 Å². The van der Waals surface area contributed by atoms with Crippen LogP contribution in [0.1, 0.15) is 5.56 Å². The van der Waals surface area contributed by atoms with E-state index < -0.39 is 8.03 Å². The summed E-state index contributed by atoms with van der Waals surface area (Å²) in [7, 11) is -2.25. The maximum absolute atomic E-state index is 12.5. The van der Waals surface area contributed by atoms with Crippen molar-refractivity contribution in [2.24, 2.45) is 0 Å². The molecule has 0 spiro atoms. The summed E-state index contributed by atoms with van der Waals surface area (Å²) >= 11 is 0. The van der Waals surface area contributed by atoms with Crippen LogP contribution in [0.5, 0.6) is 5.75 Å². The molecule has 1 unspecified atom stereocenters. The third-order valence-corrected chi connectivity index (χ3v) is 5.35. The number of rotatable bonds is 1. The Kier molecular flexibility index (Phi) is 3.13. The molecule has 0 bridgehead atoms. The first-order valence-corrected chi connectivity index (χ1v) is 8.58. The van der Waals surface area contributed by atoms with Crippen molar-refractivity contribution in [2.45, 2.75) is 6.92 Å². The summed E-state index contributed by atoms with van der Waals surface area (Å²) < 4.78 is 18.3. The molecule has 108 valence electrons. The topological polar surface area (TPSA) is 26.3 Å². The highest BCUT2D eigenvalue weighted by Gasteiger charge is 2.25. The van der Waals surface area contributed by atoms with Gasteiger partial charge in [-0.05, 0) is 29.7 Å². The number of fused-ring (bicyclic) bond motifs is 3. The molecular weight excluding hydrogens is 291 g/mol. The molecule has 0 N–H and O–H groups in total. The molecule has 1 aliphatic rings. The van der Waals surface area contributed by atoms with Crippen LogP contribution in [0, 0.1) is 6.92 Å². The third-order valence-electron chi connectivity index (χ3n) is 4.08. The Morgan fingerprint density at radius 1 is 0.727 bits per heavy atom. The fourth-order valence-electron chi connectivity index (χ4n) is 2.99. The number of hydrogen-bond acceptors (Lipinski definition) is 2. The van der Waals surface area contributed by atoms with Gasteiger partial charge in [0.05, 0.1) is 5.30 Å². The van der Waals surface area contributed by atoms with E-state index in [2.05, 4.69) is 19.1 Å². The largest absolute Gasteiger partial charge is 0.440 e. The minimum absolute atomic E-state index is 0.736. The Bertz CT molecular complexity index is 899. The van der Waals surface area contributed by atoms with Crippen molar-refractivity contribution in [1.82, 2.24) is 0 Å². The van der Waals surface area contributed by atoms with Gasteiger partial charge in [-0.25, -0.2) is 0 Å². The Hall–Kier alpha value is -2.31. The van der Waals surface area contributed by atoms with E-state index in [0.717, 1.165) is 33.3 Å². The molecule has 0 saturated heterocycles. The molecule has 1 heterocycles. The van der Waals surface area contributed by atoms with Crippen LogP contribution < -0.4 is 9.83 Å². The first-order valence-electron chi connectivity index (χ1n) is 7.26. The Balaban J connectivity index is 2.01. The molecule has 4 rings (SSSR count). The van der Waals surface area contributed by atoms with Gasteiger partial charge < -0.3 is 4.52 Å². The normalized spacial score (nSPS) is 15.6. The Morgan fingerprint density at radius 2 is 1.32 bits per heavy atom. The van der Waals surface area contributed by atoms with Gasteiger partial charge in [-0.1, -0.05) is 60.7 Å². The lowest BCUT2D eigenvalue weighted by atomic mass is 9.95. The Morgan fingerprint density at radius 3 is 2.09 bits per heavy atom. The van der Waals surface area contributed by atoms with Gasteiger partial charge in [0, 0.05) is 11.1 Å². The molecule has 2 nitrogen and oxygen atoms in total. The first kappa shape index (κ1) is 13.4. The maximum Gasteiger partial charge on any atom is 0.266 e. The average molecular weight is 306 g/mol. The smallest absolute Gasteiger partial charge is 0.266 e. The van der Waals surface area contributed by atoms with Crippen molar-refractivity contribution in [3.63, 3.8) is 0 Å². The lowest BCUT2D eigenvalue weighted by Crippen LogP contribution is -2.10. The van der Waals surface area contributed by atoms with E-state index in [0.29, 0.717) is 0 Å². The highest BCUT2D eigenvalue weighted by molar-refractivity contribution is 7.49. The minimum atomic E-state index is -2.25. The van der Waals surface area contributed by atoms with Crippen molar-refractivity contribution >= 4 is 13.3 Å². The lowest BCUT2D eigenvalue weighted by Gasteiger charge is -2.23. The van der Waals surface area contributed by atoms with Crippen molar-refractivity contribution in [1.29, 1.82) is 0 Å². The van der Waals surface area contributed by atoms with Crippen LogP contribution in [0.25, 0.3) is 22.3 Å². The van der Waals surface area contributed by atoms with Gasteiger partial charge in [0.2, 0.25) is 0 Å². The van der Waals surface area contributed by atoms with E-state index in [-0.39, 0.29) is 0 Å². The molecule has 1 aliphatic heterocycles. The molecular formula is C19H15O2P. The van der Waals surface area contributed by atoms with Crippen LogP contribution in [0.15, 0.2) is 66.7 Å². The second-order valence-electron chi connectivity index (χ2n) is 5.43. The summed E-state index contributed by atoms with van der Waals surface area (Å²) in [6.07, 6.45) is 0. The molecule has 0 amide bonds. The van der Waals surface area contributed by atoms with Gasteiger partial charge >= 0.3 is 0 Å². The highest BCUT2D eigenvalue weighted by Crippen LogP contribution is 2.47. The fourth-order valence-corrected chi connectivity index (χ4v) is 4.18. The van der Waals surface area contributed by atoms with Crippen LogP contribution >= 0.6 is 8.03 Å². The maximum atomic E-state index is 12.5. The summed E-state index contributed by atoms with van der Waals surface area (Å²) in [6.45, 7) is 2.08. The first-order chi connectivity index (χ1) is 10.8. The van der Waals surface area contributed by atoms with Crippen LogP contribution in [0.3, 0.4) is 0 Å². The zero-order valence-electron chi connectivity index (χ0n) is 12.2. The summed E-state index contributed by atoms with van der Waals surface area (Å²) in [5.74, 6) is 0.736. The molecule has 1 atom stereocenters. The second kappa shape index (κ2) is 5.15. The number of benzene rings is 3. The van der Waals surface area contributed by atoms with Gasteiger partial charge in [0.15, 0.2) is 0 Å². The van der Waals surface area contributed by atoms with Crippen LogP contribution in [0.2, 0.25) is 0 Å². The van der Waals surface area contributed by atoms with Gasteiger partial charge in [-0.2, -0.15) is 0 Å². The molecule has 3 aromatic carbocycles. The number of para-hydroxylation sites is 1. The molecule has 0 fully saturated rings. The van der Waals surface area contributed by atoms with E-state index in [1.807, 2.05) is 54.6 Å². The standard InChI is InChI=1S/C19H15O2P/c1-13-7-2-3-8-14(13)16-10-6-11-17-15-9-4-5-12-18(15)22(20)21-19(16)17/h2-12,22H,1H3. The van der Waals surface area contributed by atoms with Crippen molar-refractivity contribution in [3.05, 3.63) is 72.3 Å². The van der Waals surface area contributed by atoms with E-state index in [4.69, 9.17) is 4.52 Å². The summed E-state index contributed by atoms with van der Waals surface area (Å²) in [6, 6.07) is 22.1. The van der Waals surface area contributed by atoms with Gasteiger partial charge in [-0.3, -0.25) is 4.57 Å². The predicted octanol–water partition coefficient (Wildman–Crippen LogP) is 4.82. The average Bonchev–Trinajstić information content (AvgIpc) is 2.55. The van der Waals surface area contributed by atoms with E-state index in [1.54, 1.807) is 0 Å². The van der Waals surface area contributed by atoms with Crippen molar-refractivity contribution in [3.8, 4) is 28.0 Å². The third kappa shape index (κ3) is 2.00. The van der Waals surface area contributed by atoms with Crippen molar-refractivity contribution < 1.29 is 9.09 Å².